The summed E-state index contributed by atoms with van der Waals surface area (Å²) in [5.74, 6) is 0.266. The van der Waals surface area contributed by atoms with E-state index in [0.717, 1.165) is 16.8 Å². The molecule has 0 unspecified atom stereocenters. The fourth-order valence-electron chi connectivity index (χ4n) is 2.95. The highest BCUT2D eigenvalue weighted by atomic mass is 35.5. The van der Waals surface area contributed by atoms with Gasteiger partial charge in [-0.1, -0.05) is 17.7 Å². The third kappa shape index (κ3) is 4.45. The number of pyridine rings is 2. The number of ether oxygens (including phenoxy) is 1. The molecular formula is C22H18ClN5O2S. The van der Waals surface area contributed by atoms with Crippen LogP contribution in [0.1, 0.15) is 22.8 Å². The van der Waals surface area contributed by atoms with E-state index in [1.807, 2.05) is 41.8 Å². The van der Waals surface area contributed by atoms with Crippen molar-refractivity contribution in [3.63, 3.8) is 0 Å². The van der Waals surface area contributed by atoms with Gasteiger partial charge in [-0.15, -0.1) is 10.2 Å². The van der Waals surface area contributed by atoms with E-state index in [4.69, 9.17) is 16.3 Å². The number of carbonyl (C=O) groups is 1. The van der Waals surface area contributed by atoms with Gasteiger partial charge in [-0.25, -0.2) is 9.78 Å². The Morgan fingerprint density at radius 3 is 2.65 bits per heavy atom. The summed E-state index contributed by atoms with van der Waals surface area (Å²) in [4.78, 5) is 20.3. The van der Waals surface area contributed by atoms with Crippen LogP contribution in [-0.2, 0) is 4.74 Å². The Bertz CT molecular complexity index is 1210. The molecule has 9 heteroatoms. The molecule has 31 heavy (non-hydrogen) atoms. The average molecular weight is 452 g/mol. The van der Waals surface area contributed by atoms with Crippen LogP contribution in [0.2, 0.25) is 5.02 Å². The highest BCUT2D eigenvalue weighted by molar-refractivity contribution is 7.99. The van der Waals surface area contributed by atoms with E-state index < -0.39 is 5.97 Å². The van der Waals surface area contributed by atoms with Gasteiger partial charge in [0.25, 0.3) is 0 Å². The van der Waals surface area contributed by atoms with Crippen LogP contribution in [0.15, 0.2) is 71.2 Å². The van der Waals surface area contributed by atoms with E-state index in [2.05, 4.69) is 20.2 Å². The van der Waals surface area contributed by atoms with Crippen LogP contribution in [0.5, 0.6) is 0 Å². The lowest BCUT2D eigenvalue weighted by Gasteiger charge is -2.13. The molecule has 0 amide bonds. The maximum absolute atomic E-state index is 11.9. The third-order valence-electron chi connectivity index (χ3n) is 4.50. The van der Waals surface area contributed by atoms with Gasteiger partial charge in [0.15, 0.2) is 5.82 Å². The van der Waals surface area contributed by atoms with Gasteiger partial charge in [-0.3, -0.25) is 9.55 Å². The minimum absolute atomic E-state index is 0.315. The first-order chi connectivity index (χ1) is 15.1. The Morgan fingerprint density at radius 2 is 1.94 bits per heavy atom. The standard InChI is InChI=1S/C22H18ClN5O2S/c1-3-30-21(29)16-7-8-19(25-13-16)31-22-27-26-20(15-9-11-24-12-10-15)28(22)18-6-4-5-17(23)14(18)2/h4-13H,3H2,1-2H3. The lowest BCUT2D eigenvalue weighted by Crippen LogP contribution is -2.05. The van der Waals surface area contributed by atoms with E-state index in [9.17, 15) is 4.79 Å². The molecule has 0 saturated carbocycles. The number of benzene rings is 1. The molecule has 0 N–H and O–H groups in total. The molecule has 0 aliphatic carbocycles. The molecule has 7 nitrogen and oxygen atoms in total. The number of carbonyl (C=O) groups excluding carboxylic acids is 1. The summed E-state index contributed by atoms with van der Waals surface area (Å²) in [5, 5.41) is 10.8. The van der Waals surface area contributed by atoms with Crippen molar-refractivity contribution >= 4 is 29.3 Å². The molecule has 0 fully saturated rings. The summed E-state index contributed by atoms with van der Waals surface area (Å²) in [6.45, 7) is 4.03. The van der Waals surface area contributed by atoms with Crippen molar-refractivity contribution in [2.45, 2.75) is 24.0 Å². The van der Waals surface area contributed by atoms with Crippen LogP contribution in [0.4, 0.5) is 0 Å². The number of hydrogen-bond acceptors (Lipinski definition) is 7. The number of esters is 1. The van der Waals surface area contributed by atoms with Crippen molar-refractivity contribution < 1.29 is 9.53 Å². The minimum Gasteiger partial charge on any atom is -0.462 e. The smallest absolute Gasteiger partial charge is 0.339 e. The lowest BCUT2D eigenvalue weighted by molar-refractivity contribution is 0.0525. The summed E-state index contributed by atoms with van der Waals surface area (Å²) in [7, 11) is 0. The fourth-order valence-corrected chi connectivity index (χ4v) is 3.90. The van der Waals surface area contributed by atoms with E-state index in [0.29, 0.717) is 33.2 Å². The molecule has 0 aliphatic heterocycles. The minimum atomic E-state index is -0.399. The predicted octanol–water partition coefficient (Wildman–Crippen LogP) is 5.01. The van der Waals surface area contributed by atoms with Crippen LogP contribution >= 0.6 is 23.4 Å². The maximum Gasteiger partial charge on any atom is 0.339 e. The first-order valence-corrected chi connectivity index (χ1v) is 10.7. The molecular weight excluding hydrogens is 434 g/mol. The number of nitrogens with zero attached hydrogens (tertiary/aromatic N) is 5. The molecule has 0 saturated heterocycles. The third-order valence-corrected chi connectivity index (χ3v) is 5.80. The van der Waals surface area contributed by atoms with Crippen molar-refractivity contribution in [1.82, 2.24) is 24.7 Å². The van der Waals surface area contributed by atoms with Crippen LogP contribution in [0.3, 0.4) is 0 Å². The molecule has 1 aromatic carbocycles. The zero-order valence-electron chi connectivity index (χ0n) is 16.8. The number of rotatable bonds is 6. The first-order valence-electron chi connectivity index (χ1n) is 9.50. The molecule has 0 spiro atoms. The topological polar surface area (TPSA) is 82.8 Å². The highest BCUT2D eigenvalue weighted by Gasteiger charge is 2.19. The van der Waals surface area contributed by atoms with Gasteiger partial charge >= 0.3 is 5.97 Å². The van der Waals surface area contributed by atoms with E-state index in [1.54, 1.807) is 31.5 Å². The average Bonchev–Trinajstić information content (AvgIpc) is 3.20. The zero-order valence-corrected chi connectivity index (χ0v) is 18.4. The van der Waals surface area contributed by atoms with Gasteiger partial charge < -0.3 is 4.74 Å². The Balaban J connectivity index is 1.76. The highest BCUT2D eigenvalue weighted by Crippen LogP contribution is 2.33. The summed E-state index contributed by atoms with van der Waals surface area (Å²) >= 11 is 7.73. The Kier molecular flexibility index (Phi) is 6.29. The molecule has 3 heterocycles. The molecule has 4 aromatic rings. The van der Waals surface area contributed by atoms with Gasteiger partial charge in [0, 0.05) is 29.2 Å². The largest absolute Gasteiger partial charge is 0.462 e. The number of hydrogen-bond donors (Lipinski definition) is 0. The number of aromatic nitrogens is 5. The van der Waals surface area contributed by atoms with Crippen molar-refractivity contribution in [3.8, 4) is 17.1 Å². The molecule has 0 aliphatic rings. The second kappa shape index (κ2) is 9.28. The quantitative estimate of drug-likeness (QED) is 0.381. The molecule has 3 aromatic heterocycles. The molecule has 4 rings (SSSR count). The Morgan fingerprint density at radius 1 is 1.13 bits per heavy atom. The lowest BCUT2D eigenvalue weighted by atomic mass is 10.2. The molecule has 0 radical (unpaired) electrons. The summed E-state index contributed by atoms with van der Waals surface area (Å²) in [6, 6.07) is 12.9. The Hall–Kier alpha value is -3.23. The van der Waals surface area contributed by atoms with Crippen LogP contribution in [0, 0.1) is 6.92 Å². The number of halogens is 1. The van der Waals surface area contributed by atoms with Gasteiger partial charge in [0.1, 0.15) is 5.03 Å². The fraction of sp³-hybridized carbons (Fsp3) is 0.136. The van der Waals surface area contributed by atoms with Crippen molar-refractivity contribution in [1.29, 1.82) is 0 Å². The van der Waals surface area contributed by atoms with Crippen LogP contribution in [0.25, 0.3) is 17.1 Å². The summed E-state index contributed by atoms with van der Waals surface area (Å²) < 4.78 is 6.96. The maximum atomic E-state index is 11.9. The van der Waals surface area contributed by atoms with Crippen LogP contribution in [-0.4, -0.2) is 37.3 Å². The summed E-state index contributed by atoms with van der Waals surface area (Å²) in [6.07, 6.45) is 4.92. The summed E-state index contributed by atoms with van der Waals surface area (Å²) in [5.41, 5.74) is 3.05. The van der Waals surface area contributed by atoms with Crippen molar-refractivity contribution in [3.05, 3.63) is 77.2 Å². The normalized spacial score (nSPS) is 10.8. The van der Waals surface area contributed by atoms with Gasteiger partial charge in [-0.2, -0.15) is 0 Å². The van der Waals surface area contributed by atoms with Gasteiger partial charge in [0.05, 0.1) is 17.9 Å². The van der Waals surface area contributed by atoms with Gasteiger partial charge in [-0.05, 0) is 67.6 Å². The second-order valence-corrected chi connectivity index (χ2v) is 7.86. The zero-order chi connectivity index (χ0) is 21.8. The van der Waals surface area contributed by atoms with E-state index >= 15 is 0 Å². The van der Waals surface area contributed by atoms with Gasteiger partial charge in [0.2, 0.25) is 5.16 Å². The SMILES string of the molecule is CCOC(=O)c1ccc(Sc2nnc(-c3ccncc3)n2-c2cccc(Cl)c2C)nc1. The van der Waals surface area contributed by atoms with Crippen LogP contribution < -0.4 is 0 Å². The molecule has 0 bridgehead atoms. The predicted molar refractivity (Wildman–Crippen MR) is 119 cm³/mol. The van der Waals surface area contributed by atoms with Crippen molar-refractivity contribution in [2.75, 3.05) is 6.61 Å². The van der Waals surface area contributed by atoms with Crippen molar-refractivity contribution in [2.24, 2.45) is 0 Å². The first kappa shape index (κ1) is 21.0. The molecule has 156 valence electrons. The second-order valence-electron chi connectivity index (χ2n) is 6.47. The van der Waals surface area contributed by atoms with E-state index in [1.165, 1.54) is 18.0 Å². The Labute approximate surface area is 188 Å². The van der Waals surface area contributed by atoms with E-state index in [-0.39, 0.29) is 0 Å². The molecule has 0 atom stereocenters. The monoisotopic (exact) mass is 451 g/mol.